The Balaban J connectivity index is 1.01. The van der Waals surface area contributed by atoms with Crippen molar-refractivity contribution in [2.75, 3.05) is 13.6 Å². The summed E-state index contributed by atoms with van der Waals surface area (Å²) in [6, 6.07) is 25.7. The molecule has 8 rings (SSSR count). The van der Waals surface area contributed by atoms with E-state index in [0.29, 0.717) is 13.1 Å². The zero-order valence-corrected chi connectivity index (χ0v) is 29.1. The number of likely N-dealkylation sites (N-methyl/N-ethyl adjacent to an activating group) is 1. The van der Waals surface area contributed by atoms with Crippen molar-refractivity contribution in [3.63, 3.8) is 0 Å². The van der Waals surface area contributed by atoms with Crippen LogP contribution in [-0.2, 0) is 22.6 Å². The van der Waals surface area contributed by atoms with Crippen LogP contribution in [0.2, 0.25) is 0 Å². The summed E-state index contributed by atoms with van der Waals surface area (Å²) in [5.74, 6) is 2.39. The maximum atomic E-state index is 13.1. The highest BCUT2D eigenvalue weighted by molar-refractivity contribution is 5.75. The molecule has 0 unspecified atom stereocenters. The molecule has 3 aromatic carbocycles. The van der Waals surface area contributed by atoms with E-state index in [-0.39, 0.29) is 42.3 Å². The molecule has 2 amide bonds. The number of hydrogen-bond donors (Lipinski definition) is 4. The Morgan fingerprint density at radius 3 is 2.08 bits per heavy atom. The van der Waals surface area contributed by atoms with Gasteiger partial charge in [-0.05, 0) is 92.5 Å². The van der Waals surface area contributed by atoms with Gasteiger partial charge in [-0.3, -0.25) is 4.90 Å². The molecule has 1 aliphatic heterocycles. The number of carbonyl (C=O) groups excluding carboxylic acids is 1. The number of aliphatic hydroxyl groups excluding tert-OH is 2. The Morgan fingerprint density at radius 2 is 1.47 bits per heavy atom. The fourth-order valence-corrected chi connectivity index (χ4v) is 9.47. The average Bonchev–Trinajstić information content (AvgIpc) is 3.11. The molecule has 6 atom stereocenters. The van der Waals surface area contributed by atoms with E-state index in [2.05, 4.69) is 22.5 Å². The van der Waals surface area contributed by atoms with Crippen LogP contribution in [0.1, 0.15) is 98.7 Å². The van der Waals surface area contributed by atoms with Gasteiger partial charge in [0, 0.05) is 36.2 Å². The predicted octanol–water partition coefficient (Wildman–Crippen LogP) is 6.79. The summed E-state index contributed by atoms with van der Waals surface area (Å²) < 4.78 is 13.4. The van der Waals surface area contributed by atoms with Gasteiger partial charge in [-0.1, -0.05) is 85.8 Å². The van der Waals surface area contributed by atoms with Crippen molar-refractivity contribution in [1.82, 2.24) is 15.5 Å². The van der Waals surface area contributed by atoms with Gasteiger partial charge in [-0.15, -0.1) is 0 Å². The smallest absolute Gasteiger partial charge is 0.315 e. The summed E-state index contributed by atoms with van der Waals surface area (Å²) in [5.41, 5.74) is 4.71. The van der Waals surface area contributed by atoms with E-state index in [9.17, 15) is 15.0 Å². The molecule has 4 saturated carbocycles. The van der Waals surface area contributed by atoms with Gasteiger partial charge in [0.1, 0.15) is 0 Å². The van der Waals surface area contributed by atoms with Gasteiger partial charge < -0.3 is 30.3 Å². The number of carbonyl (C=O) groups is 1. The van der Waals surface area contributed by atoms with E-state index in [1.807, 2.05) is 92.8 Å². The first-order chi connectivity index (χ1) is 23.7. The second-order valence-corrected chi connectivity index (χ2v) is 15.6. The molecule has 262 valence electrons. The maximum Gasteiger partial charge on any atom is 0.315 e. The fourth-order valence-electron chi connectivity index (χ4n) is 9.47. The monoisotopic (exact) mass is 667 g/mol. The Morgan fingerprint density at radius 1 is 0.878 bits per heavy atom. The summed E-state index contributed by atoms with van der Waals surface area (Å²) in [6.07, 6.45) is 5.85. The minimum atomic E-state index is -0.630. The van der Waals surface area contributed by atoms with Crippen LogP contribution in [0.3, 0.4) is 0 Å². The third kappa shape index (κ3) is 7.59. The minimum absolute atomic E-state index is 0.00667. The van der Waals surface area contributed by atoms with Crippen LogP contribution in [-0.4, -0.2) is 52.4 Å². The first-order valence-corrected chi connectivity index (χ1v) is 18.3. The van der Waals surface area contributed by atoms with Gasteiger partial charge in [-0.2, -0.15) is 0 Å². The molecule has 1 heterocycles. The molecule has 5 fully saturated rings. The van der Waals surface area contributed by atoms with Crippen LogP contribution in [0.15, 0.2) is 78.9 Å². The second-order valence-electron chi connectivity index (χ2n) is 15.6. The van der Waals surface area contributed by atoms with Crippen LogP contribution >= 0.6 is 0 Å². The Bertz CT molecular complexity index is 1510. The summed E-state index contributed by atoms with van der Waals surface area (Å²) in [7, 11) is 2.03. The van der Waals surface area contributed by atoms with Crippen LogP contribution in [0.4, 0.5) is 4.79 Å². The quantitative estimate of drug-likeness (QED) is 0.180. The van der Waals surface area contributed by atoms with Crippen molar-refractivity contribution in [1.29, 1.82) is 0 Å². The molecule has 1 saturated heterocycles. The molecule has 4 aliphatic carbocycles. The Hall–Kier alpha value is -3.27. The molecule has 4 bridgehead atoms. The molecule has 0 spiro atoms. The topological polar surface area (TPSA) is 103 Å². The van der Waals surface area contributed by atoms with Crippen molar-refractivity contribution in [2.24, 2.45) is 23.7 Å². The lowest BCUT2D eigenvalue weighted by Crippen LogP contribution is -2.61. The minimum Gasteiger partial charge on any atom is -0.392 e. The zero-order valence-electron chi connectivity index (χ0n) is 29.1. The average molecular weight is 668 g/mol. The van der Waals surface area contributed by atoms with Gasteiger partial charge >= 0.3 is 6.03 Å². The van der Waals surface area contributed by atoms with E-state index in [1.54, 1.807) is 0 Å². The van der Waals surface area contributed by atoms with Crippen LogP contribution in [0, 0.1) is 23.7 Å². The maximum absolute atomic E-state index is 13.1. The molecule has 5 aliphatic rings. The van der Waals surface area contributed by atoms with E-state index < -0.39 is 12.4 Å². The molecule has 8 nitrogen and oxygen atoms in total. The summed E-state index contributed by atoms with van der Waals surface area (Å²) in [4.78, 5) is 15.2. The number of nitrogens with one attached hydrogen (secondary N) is 2. The number of rotatable bonds is 11. The first-order valence-electron chi connectivity index (χ1n) is 18.3. The van der Waals surface area contributed by atoms with Gasteiger partial charge in [0.05, 0.1) is 24.9 Å². The second kappa shape index (κ2) is 14.5. The van der Waals surface area contributed by atoms with Crippen molar-refractivity contribution in [2.45, 2.75) is 102 Å². The molecule has 0 radical (unpaired) electrons. The molecule has 0 aromatic heterocycles. The Kier molecular flexibility index (Phi) is 10.1. The highest BCUT2D eigenvalue weighted by atomic mass is 16.7. The van der Waals surface area contributed by atoms with Crippen molar-refractivity contribution < 1.29 is 24.5 Å². The normalized spacial score (nSPS) is 31.8. The van der Waals surface area contributed by atoms with Gasteiger partial charge in [0.25, 0.3) is 0 Å². The number of hydrogen-bond acceptors (Lipinski definition) is 6. The standard InChI is InChI=1S/C41H53N3O5/c1-26-36(24-44(3)27(2)37(46)33-7-5-4-6-8-33)48-39(49-38(26)34-13-11-29(25-45)12-14-34)35-15-9-28(10-16-35)23-42-40(47)43-41-20-30-17-31(21-41)19-32(18-30)22-41/h4-16,26-27,30-32,36-39,45-46H,17-25H2,1-3H3,(H2,42,43,47)/t26-,27+,30?,31?,32?,36+,37+,38+,39+,41?/m1/s1. The van der Waals surface area contributed by atoms with E-state index in [4.69, 9.17) is 9.47 Å². The van der Waals surface area contributed by atoms with E-state index >= 15 is 0 Å². The number of benzene rings is 3. The predicted molar refractivity (Wildman–Crippen MR) is 189 cm³/mol. The molecule has 8 heteroatoms. The lowest BCUT2D eigenvalue weighted by atomic mass is 9.53. The molecule has 49 heavy (non-hydrogen) atoms. The van der Waals surface area contributed by atoms with Crippen LogP contribution in [0.5, 0.6) is 0 Å². The molecule has 4 N–H and O–H groups in total. The van der Waals surface area contributed by atoms with Gasteiger partial charge in [-0.25, -0.2) is 4.79 Å². The zero-order chi connectivity index (χ0) is 34.1. The number of aliphatic hydroxyl groups is 2. The largest absolute Gasteiger partial charge is 0.392 e. The van der Waals surface area contributed by atoms with Crippen LogP contribution < -0.4 is 10.6 Å². The number of amides is 2. The lowest BCUT2D eigenvalue weighted by Gasteiger charge is -2.56. The van der Waals surface area contributed by atoms with Gasteiger partial charge in [0.2, 0.25) is 0 Å². The third-order valence-corrected chi connectivity index (χ3v) is 12.0. The molecule has 3 aromatic rings. The number of nitrogens with zero attached hydrogens (tertiary/aromatic N) is 1. The fraction of sp³-hybridized carbons (Fsp3) is 0.537. The summed E-state index contributed by atoms with van der Waals surface area (Å²) >= 11 is 0. The highest BCUT2D eigenvalue weighted by Crippen LogP contribution is 2.55. The van der Waals surface area contributed by atoms with E-state index in [0.717, 1.165) is 64.8 Å². The van der Waals surface area contributed by atoms with E-state index in [1.165, 1.54) is 19.3 Å². The lowest BCUT2D eigenvalue weighted by molar-refractivity contribution is -0.276. The molecular formula is C41H53N3O5. The van der Waals surface area contributed by atoms with Crippen molar-refractivity contribution >= 4 is 6.03 Å². The third-order valence-electron chi connectivity index (χ3n) is 12.0. The number of urea groups is 1. The van der Waals surface area contributed by atoms with Gasteiger partial charge in [0.15, 0.2) is 6.29 Å². The Labute approximate surface area is 291 Å². The van der Waals surface area contributed by atoms with Crippen molar-refractivity contribution in [3.8, 4) is 0 Å². The first kappa shape index (κ1) is 34.2. The van der Waals surface area contributed by atoms with Crippen LogP contribution in [0.25, 0.3) is 0 Å². The number of ether oxygens (including phenoxy) is 2. The van der Waals surface area contributed by atoms with Crippen molar-refractivity contribution in [3.05, 3.63) is 107 Å². The highest BCUT2D eigenvalue weighted by Gasteiger charge is 2.51. The summed E-state index contributed by atoms with van der Waals surface area (Å²) in [5, 5.41) is 27.3. The molecular weight excluding hydrogens is 614 g/mol. The summed E-state index contributed by atoms with van der Waals surface area (Å²) in [6.45, 7) is 5.25. The SMILES string of the molecule is C[C@@H]1[C@H](CN(C)[C@@H](C)[C@H](O)c2ccccc2)O[C@H](c2ccc(CNC(=O)NC34CC5CC(CC(C5)C3)C4)cc2)O[C@@H]1c1ccc(CO)cc1.